The van der Waals surface area contributed by atoms with Crippen molar-refractivity contribution in [2.75, 3.05) is 5.32 Å². The molecule has 0 radical (unpaired) electrons. The molecule has 7 heteroatoms. The van der Waals surface area contributed by atoms with Crippen LogP contribution in [0.5, 0.6) is 0 Å². The second-order valence-electron chi connectivity index (χ2n) is 5.79. The second kappa shape index (κ2) is 9.33. The van der Waals surface area contributed by atoms with Gasteiger partial charge in [-0.25, -0.2) is 13.2 Å². The smallest absolute Gasteiger partial charge is 0.255 e. The molecular weight excluding hydrogens is 383 g/mol. The number of carbonyl (C=O) groups excluding carboxylic acids is 1. The van der Waals surface area contributed by atoms with Gasteiger partial charge in [0.15, 0.2) is 17.5 Å². The van der Waals surface area contributed by atoms with E-state index in [1.807, 2.05) is 0 Å². The Balaban J connectivity index is 2.20. The second-order valence-corrected chi connectivity index (χ2v) is 7.54. The average molecular weight is 402 g/mol. The van der Waals surface area contributed by atoms with E-state index in [0.29, 0.717) is 15.8 Å². The normalized spacial score (nSPS) is 12.1. The third-order valence-electron chi connectivity index (χ3n) is 3.79. The monoisotopic (exact) mass is 401 g/mol. The van der Waals surface area contributed by atoms with Crippen LogP contribution in [0.25, 0.3) is 0 Å². The zero-order valence-corrected chi connectivity index (χ0v) is 16.0. The summed E-state index contributed by atoms with van der Waals surface area (Å²) in [7, 11) is 0. The van der Waals surface area contributed by atoms with E-state index in [4.69, 9.17) is 11.6 Å². The summed E-state index contributed by atoms with van der Waals surface area (Å²) in [5.41, 5.74) is 0.140. The van der Waals surface area contributed by atoms with Gasteiger partial charge < -0.3 is 5.32 Å². The maximum Gasteiger partial charge on any atom is 0.255 e. The molecule has 0 aliphatic carbocycles. The first-order valence-corrected chi connectivity index (χ1v) is 9.53. The van der Waals surface area contributed by atoms with Gasteiger partial charge in [0.25, 0.3) is 5.91 Å². The predicted octanol–water partition coefficient (Wildman–Crippen LogP) is 6.68. The number of hydrogen-bond donors (Lipinski definition) is 1. The molecule has 1 unspecified atom stereocenters. The topological polar surface area (TPSA) is 29.1 Å². The van der Waals surface area contributed by atoms with Gasteiger partial charge in [-0.2, -0.15) is 0 Å². The third-order valence-corrected chi connectivity index (χ3v) is 5.73. The third kappa shape index (κ3) is 5.17. The van der Waals surface area contributed by atoms with Crippen LogP contribution in [-0.4, -0.2) is 11.2 Å². The molecule has 0 heterocycles. The molecule has 2 aromatic rings. The van der Waals surface area contributed by atoms with E-state index < -0.39 is 23.4 Å². The van der Waals surface area contributed by atoms with Crippen molar-refractivity contribution in [1.29, 1.82) is 0 Å². The first-order valence-electron chi connectivity index (χ1n) is 8.27. The van der Waals surface area contributed by atoms with Gasteiger partial charge in [0.2, 0.25) is 0 Å². The first kappa shape index (κ1) is 20.6. The highest BCUT2D eigenvalue weighted by Crippen LogP contribution is 2.34. The van der Waals surface area contributed by atoms with Crippen molar-refractivity contribution in [2.45, 2.75) is 43.3 Å². The van der Waals surface area contributed by atoms with E-state index in [1.165, 1.54) is 6.07 Å². The minimum atomic E-state index is -1.57. The largest absolute Gasteiger partial charge is 0.322 e. The Morgan fingerprint density at radius 2 is 1.81 bits per heavy atom. The van der Waals surface area contributed by atoms with Crippen molar-refractivity contribution in [2.24, 2.45) is 0 Å². The Bertz CT molecular complexity index is 777. The van der Waals surface area contributed by atoms with E-state index in [9.17, 15) is 18.0 Å². The molecule has 1 atom stereocenters. The maximum absolute atomic E-state index is 13.3. The number of carbonyl (C=O) groups is 1. The van der Waals surface area contributed by atoms with Crippen molar-refractivity contribution in [3.63, 3.8) is 0 Å². The number of halogens is 4. The van der Waals surface area contributed by atoms with Crippen LogP contribution >= 0.6 is 23.4 Å². The van der Waals surface area contributed by atoms with E-state index in [2.05, 4.69) is 19.2 Å². The Kier molecular flexibility index (Phi) is 7.41. The fourth-order valence-electron chi connectivity index (χ4n) is 2.41. The minimum absolute atomic E-state index is 0.159. The van der Waals surface area contributed by atoms with E-state index in [0.717, 1.165) is 36.3 Å². The Hall–Kier alpha value is -1.66. The highest BCUT2D eigenvalue weighted by atomic mass is 35.5. The van der Waals surface area contributed by atoms with Gasteiger partial charge in [0, 0.05) is 33.5 Å². The van der Waals surface area contributed by atoms with Crippen LogP contribution in [0.15, 0.2) is 35.2 Å². The van der Waals surface area contributed by atoms with Crippen LogP contribution in [0, 0.1) is 17.5 Å². The summed E-state index contributed by atoms with van der Waals surface area (Å²) in [5, 5.41) is 3.30. The van der Waals surface area contributed by atoms with Gasteiger partial charge in [-0.1, -0.05) is 31.9 Å². The van der Waals surface area contributed by atoms with Gasteiger partial charge in [-0.3, -0.25) is 4.79 Å². The Labute approximate surface area is 160 Å². The van der Waals surface area contributed by atoms with Crippen molar-refractivity contribution < 1.29 is 18.0 Å². The van der Waals surface area contributed by atoms with Gasteiger partial charge in [0.1, 0.15) is 0 Å². The molecule has 26 heavy (non-hydrogen) atoms. The van der Waals surface area contributed by atoms with Crippen LogP contribution in [0.1, 0.15) is 43.5 Å². The molecule has 0 fully saturated rings. The van der Waals surface area contributed by atoms with E-state index in [-0.39, 0.29) is 5.69 Å². The van der Waals surface area contributed by atoms with E-state index >= 15 is 0 Å². The van der Waals surface area contributed by atoms with E-state index in [1.54, 1.807) is 23.9 Å². The summed E-state index contributed by atoms with van der Waals surface area (Å²) >= 11 is 7.83. The molecular formula is C19H19ClF3NOS. The number of anilines is 1. The summed E-state index contributed by atoms with van der Waals surface area (Å²) in [6.45, 7) is 4.20. The zero-order valence-electron chi connectivity index (χ0n) is 14.4. The number of benzene rings is 2. The quantitative estimate of drug-likeness (QED) is 0.414. The molecule has 0 bridgehead atoms. The molecule has 0 spiro atoms. The summed E-state index contributed by atoms with van der Waals surface area (Å²) in [6, 6.07) is 6.26. The predicted molar refractivity (Wildman–Crippen MR) is 101 cm³/mol. The van der Waals surface area contributed by atoms with Gasteiger partial charge >= 0.3 is 0 Å². The SMILES string of the molecule is CCCC(CC)Sc1cc(C(=O)Nc2cc(F)c(F)c(F)c2)ccc1Cl. The molecule has 0 aliphatic rings. The molecule has 0 saturated carbocycles. The number of hydrogen-bond acceptors (Lipinski definition) is 2. The zero-order chi connectivity index (χ0) is 19.3. The molecule has 2 nitrogen and oxygen atoms in total. The number of nitrogens with one attached hydrogen (secondary N) is 1. The maximum atomic E-state index is 13.3. The Morgan fingerprint density at radius 3 is 2.38 bits per heavy atom. The number of rotatable bonds is 7. The molecule has 1 amide bonds. The summed E-state index contributed by atoms with van der Waals surface area (Å²) in [6.07, 6.45) is 3.05. The highest BCUT2D eigenvalue weighted by molar-refractivity contribution is 8.00. The summed E-state index contributed by atoms with van der Waals surface area (Å²) < 4.78 is 39.6. The number of thioether (sulfide) groups is 1. The fourth-order valence-corrected chi connectivity index (χ4v) is 3.92. The number of amides is 1. The van der Waals surface area contributed by atoms with Crippen LogP contribution in [-0.2, 0) is 0 Å². The lowest BCUT2D eigenvalue weighted by molar-refractivity contribution is 0.102. The van der Waals surface area contributed by atoms with Crippen molar-refractivity contribution in [3.05, 3.63) is 58.4 Å². The summed E-state index contributed by atoms with van der Waals surface area (Å²) in [5.74, 6) is -4.86. The van der Waals surface area contributed by atoms with Crippen LogP contribution in [0.2, 0.25) is 5.02 Å². The fraction of sp³-hybridized carbons (Fsp3) is 0.316. The average Bonchev–Trinajstić information content (AvgIpc) is 2.60. The summed E-state index contributed by atoms with van der Waals surface area (Å²) in [4.78, 5) is 13.1. The minimum Gasteiger partial charge on any atom is -0.322 e. The molecule has 140 valence electrons. The van der Waals surface area contributed by atoms with Crippen molar-refractivity contribution >= 4 is 35.0 Å². The van der Waals surface area contributed by atoms with Gasteiger partial charge in [0.05, 0.1) is 5.02 Å². The molecule has 0 aromatic heterocycles. The lowest BCUT2D eigenvalue weighted by Crippen LogP contribution is -2.13. The first-order chi connectivity index (χ1) is 12.3. The highest BCUT2D eigenvalue weighted by Gasteiger charge is 2.16. The molecule has 2 aromatic carbocycles. The molecule has 0 saturated heterocycles. The lowest BCUT2D eigenvalue weighted by atomic mass is 10.2. The van der Waals surface area contributed by atoms with Gasteiger partial charge in [-0.05, 0) is 31.0 Å². The molecule has 1 N–H and O–H groups in total. The van der Waals surface area contributed by atoms with Crippen LogP contribution in [0.4, 0.5) is 18.9 Å². The lowest BCUT2D eigenvalue weighted by Gasteiger charge is -2.15. The van der Waals surface area contributed by atoms with Crippen LogP contribution < -0.4 is 5.32 Å². The molecule has 0 aliphatic heterocycles. The van der Waals surface area contributed by atoms with Gasteiger partial charge in [-0.15, -0.1) is 11.8 Å². The van der Waals surface area contributed by atoms with Crippen LogP contribution in [0.3, 0.4) is 0 Å². The standard InChI is InChI=1S/C19H19ClF3NOS/c1-3-5-13(4-2)26-17-8-11(6-7-14(17)20)19(25)24-12-9-15(21)18(23)16(22)10-12/h6-10,13H,3-5H2,1-2H3,(H,24,25). The van der Waals surface area contributed by atoms with Crippen molar-refractivity contribution in [1.82, 2.24) is 0 Å². The van der Waals surface area contributed by atoms with Crippen molar-refractivity contribution in [3.8, 4) is 0 Å². The molecule has 2 rings (SSSR count). The Morgan fingerprint density at radius 1 is 1.15 bits per heavy atom.